The second-order valence-electron chi connectivity index (χ2n) is 5.53. The van der Waals surface area contributed by atoms with Gasteiger partial charge in [-0.2, -0.15) is 0 Å². The molecule has 0 saturated heterocycles. The van der Waals surface area contributed by atoms with Gasteiger partial charge in [0.2, 0.25) is 0 Å². The minimum absolute atomic E-state index is 0.212. The van der Waals surface area contributed by atoms with Crippen LogP contribution in [0, 0.1) is 6.92 Å². The van der Waals surface area contributed by atoms with Crippen LogP contribution < -0.4 is 4.74 Å². The zero-order valence-corrected chi connectivity index (χ0v) is 12.9. The van der Waals surface area contributed by atoms with Crippen molar-refractivity contribution < 1.29 is 9.84 Å². The highest BCUT2D eigenvalue weighted by Crippen LogP contribution is 2.32. The molecule has 2 nitrogen and oxygen atoms in total. The largest absolute Gasteiger partial charge is 0.504 e. The third-order valence-electron chi connectivity index (χ3n) is 3.56. The Morgan fingerprint density at radius 1 is 1.00 bits per heavy atom. The Morgan fingerprint density at radius 3 is 2.57 bits per heavy atom. The van der Waals surface area contributed by atoms with E-state index in [1.165, 1.54) is 31.2 Å². The number of phenols is 1. The molecule has 0 saturated carbocycles. The maximum absolute atomic E-state index is 10.1. The summed E-state index contributed by atoms with van der Waals surface area (Å²) in [5, 5.41) is 10.1. The highest BCUT2D eigenvalue weighted by molar-refractivity contribution is 5.44. The number of rotatable bonds is 7. The quantitative estimate of drug-likeness (QED) is 0.669. The molecule has 0 aliphatic carbocycles. The first-order chi connectivity index (χ1) is 10.2. The zero-order valence-electron chi connectivity index (χ0n) is 12.9. The summed E-state index contributed by atoms with van der Waals surface area (Å²) in [5.41, 5.74) is 2.31. The number of aryl methyl sites for hydroxylation is 2. The lowest BCUT2D eigenvalue weighted by Crippen LogP contribution is -1.89. The topological polar surface area (TPSA) is 29.5 Å². The summed E-state index contributed by atoms with van der Waals surface area (Å²) in [6.07, 6.45) is 5.96. The van der Waals surface area contributed by atoms with Gasteiger partial charge in [0.05, 0.1) is 0 Å². The molecule has 0 aliphatic rings. The fourth-order valence-electron chi connectivity index (χ4n) is 2.37. The highest BCUT2D eigenvalue weighted by atomic mass is 16.5. The van der Waals surface area contributed by atoms with Gasteiger partial charge in [0.15, 0.2) is 11.5 Å². The smallest absolute Gasteiger partial charge is 0.169 e. The summed E-state index contributed by atoms with van der Waals surface area (Å²) < 4.78 is 5.74. The van der Waals surface area contributed by atoms with E-state index in [9.17, 15) is 5.11 Å². The van der Waals surface area contributed by atoms with Crippen molar-refractivity contribution in [2.24, 2.45) is 0 Å². The fraction of sp³-hybridized carbons (Fsp3) is 0.368. The normalized spacial score (nSPS) is 10.6. The molecule has 0 aliphatic heterocycles. The van der Waals surface area contributed by atoms with E-state index in [1.54, 1.807) is 0 Å². The fourth-order valence-corrected chi connectivity index (χ4v) is 2.37. The lowest BCUT2D eigenvalue weighted by atomic mass is 10.1. The molecule has 0 heterocycles. The molecular formula is C19H24O2. The van der Waals surface area contributed by atoms with E-state index in [0.717, 1.165) is 17.7 Å². The van der Waals surface area contributed by atoms with Gasteiger partial charge in [0, 0.05) is 0 Å². The van der Waals surface area contributed by atoms with Gasteiger partial charge in [-0.05, 0) is 55.2 Å². The van der Waals surface area contributed by atoms with Gasteiger partial charge >= 0.3 is 0 Å². The van der Waals surface area contributed by atoms with Crippen LogP contribution in [0.15, 0.2) is 42.5 Å². The van der Waals surface area contributed by atoms with E-state index in [0.29, 0.717) is 5.75 Å². The Kier molecular flexibility index (Phi) is 5.68. The van der Waals surface area contributed by atoms with Gasteiger partial charge in [-0.15, -0.1) is 0 Å². The predicted octanol–water partition coefficient (Wildman–Crippen LogP) is 5.62. The Labute approximate surface area is 127 Å². The number of benzene rings is 2. The first kappa shape index (κ1) is 15.4. The van der Waals surface area contributed by atoms with Crippen LogP contribution in [0.2, 0.25) is 0 Å². The highest BCUT2D eigenvalue weighted by Gasteiger charge is 2.05. The van der Waals surface area contributed by atoms with E-state index < -0.39 is 0 Å². The van der Waals surface area contributed by atoms with E-state index in [1.807, 2.05) is 49.4 Å². The second-order valence-corrected chi connectivity index (χ2v) is 5.53. The third-order valence-corrected chi connectivity index (χ3v) is 3.56. The molecule has 0 amide bonds. The Morgan fingerprint density at radius 2 is 1.86 bits per heavy atom. The molecule has 0 atom stereocenters. The van der Waals surface area contributed by atoms with Gasteiger partial charge < -0.3 is 9.84 Å². The molecule has 0 radical (unpaired) electrons. The van der Waals surface area contributed by atoms with Crippen molar-refractivity contribution in [2.45, 2.75) is 46.0 Å². The molecule has 2 aromatic carbocycles. The van der Waals surface area contributed by atoms with E-state index in [2.05, 4.69) is 6.92 Å². The SMILES string of the molecule is CCCCCCc1ccc(Oc2cccc(C)c2)c(O)c1. The maximum atomic E-state index is 10.1. The lowest BCUT2D eigenvalue weighted by molar-refractivity contribution is 0.410. The van der Waals surface area contributed by atoms with Crippen molar-refractivity contribution in [1.82, 2.24) is 0 Å². The summed E-state index contributed by atoms with van der Waals surface area (Å²) in [6, 6.07) is 13.5. The molecule has 2 rings (SSSR count). The van der Waals surface area contributed by atoms with Crippen LogP contribution >= 0.6 is 0 Å². The second kappa shape index (κ2) is 7.72. The summed E-state index contributed by atoms with van der Waals surface area (Å²) in [6.45, 7) is 4.23. The Hall–Kier alpha value is -1.96. The Balaban J connectivity index is 1.98. The minimum Gasteiger partial charge on any atom is -0.504 e. The number of phenolic OH excluding ortho intramolecular Hbond substituents is 1. The lowest BCUT2D eigenvalue weighted by Gasteiger charge is -2.10. The van der Waals surface area contributed by atoms with E-state index in [4.69, 9.17) is 4.74 Å². The van der Waals surface area contributed by atoms with Crippen LogP contribution in [0.4, 0.5) is 0 Å². The number of hydrogen-bond donors (Lipinski definition) is 1. The minimum atomic E-state index is 0.212. The number of unbranched alkanes of at least 4 members (excludes halogenated alkanes) is 3. The number of ether oxygens (including phenoxy) is 1. The van der Waals surface area contributed by atoms with Gasteiger partial charge in [-0.3, -0.25) is 0 Å². The van der Waals surface area contributed by atoms with Crippen molar-refractivity contribution in [3.05, 3.63) is 53.6 Å². The number of hydrogen-bond acceptors (Lipinski definition) is 2. The summed E-state index contributed by atoms with van der Waals surface area (Å²) in [7, 11) is 0. The maximum Gasteiger partial charge on any atom is 0.169 e. The van der Waals surface area contributed by atoms with E-state index >= 15 is 0 Å². The Bertz CT molecular complexity index is 576. The van der Waals surface area contributed by atoms with Crippen LogP contribution in [-0.4, -0.2) is 5.11 Å². The average molecular weight is 284 g/mol. The van der Waals surface area contributed by atoms with Crippen molar-refractivity contribution in [1.29, 1.82) is 0 Å². The molecule has 0 spiro atoms. The first-order valence-electron chi connectivity index (χ1n) is 7.75. The molecule has 2 heteroatoms. The van der Waals surface area contributed by atoms with Crippen LogP contribution in [0.3, 0.4) is 0 Å². The number of aromatic hydroxyl groups is 1. The molecule has 2 aromatic rings. The van der Waals surface area contributed by atoms with Crippen molar-refractivity contribution >= 4 is 0 Å². The molecule has 112 valence electrons. The molecule has 0 bridgehead atoms. The molecule has 1 N–H and O–H groups in total. The summed E-state index contributed by atoms with van der Waals surface area (Å²) in [5.74, 6) is 1.48. The predicted molar refractivity (Wildman–Crippen MR) is 87.2 cm³/mol. The molecule has 21 heavy (non-hydrogen) atoms. The van der Waals surface area contributed by atoms with Crippen molar-refractivity contribution in [2.75, 3.05) is 0 Å². The van der Waals surface area contributed by atoms with Crippen LogP contribution in [0.5, 0.6) is 17.2 Å². The third kappa shape index (κ3) is 4.82. The molecule has 0 unspecified atom stereocenters. The van der Waals surface area contributed by atoms with Crippen LogP contribution in [-0.2, 0) is 6.42 Å². The van der Waals surface area contributed by atoms with Gasteiger partial charge in [0.1, 0.15) is 5.75 Å². The van der Waals surface area contributed by atoms with Crippen LogP contribution in [0.25, 0.3) is 0 Å². The van der Waals surface area contributed by atoms with Gasteiger partial charge in [-0.1, -0.05) is 44.4 Å². The molecule has 0 aromatic heterocycles. The zero-order chi connectivity index (χ0) is 15.1. The van der Waals surface area contributed by atoms with E-state index in [-0.39, 0.29) is 5.75 Å². The molecular weight excluding hydrogens is 260 g/mol. The average Bonchev–Trinajstić information content (AvgIpc) is 2.46. The van der Waals surface area contributed by atoms with Gasteiger partial charge in [0.25, 0.3) is 0 Å². The summed E-state index contributed by atoms with van der Waals surface area (Å²) in [4.78, 5) is 0. The van der Waals surface area contributed by atoms with Crippen molar-refractivity contribution in [3.63, 3.8) is 0 Å². The standard InChI is InChI=1S/C19H24O2/c1-3-4-5-6-9-16-11-12-19(18(20)14-16)21-17-10-7-8-15(2)13-17/h7-8,10-14,20H,3-6,9H2,1-2H3. The first-order valence-corrected chi connectivity index (χ1v) is 7.75. The van der Waals surface area contributed by atoms with Crippen molar-refractivity contribution in [3.8, 4) is 17.2 Å². The van der Waals surface area contributed by atoms with Gasteiger partial charge in [-0.25, -0.2) is 0 Å². The molecule has 0 fully saturated rings. The monoisotopic (exact) mass is 284 g/mol. The summed E-state index contributed by atoms with van der Waals surface area (Å²) >= 11 is 0. The van der Waals surface area contributed by atoms with Crippen LogP contribution in [0.1, 0.15) is 43.7 Å².